The molecule has 2 atom stereocenters. The van der Waals surface area contributed by atoms with E-state index in [9.17, 15) is 5.11 Å². The summed E-state index contributed by atoms with van der Waals surface area (Å²) in [5, 5.41) is 27.7. The predicted molar refractivity (Wildman–Crippen MR) is 163 cm³/mol. The highest BCUT2D eigenvalue weighted by molar-refractivity contribution is 5.94. The van der Waals surface area contributed by atoms with E-state index in [1.54, 1.807) is 11.6 Å². The lowest BCUT2D eigenvalue weighted by molar-refractivity contribution is 0.131. The highest BCUT2D eigenvalue weighted by Gasteiger charge is 2.26. The Morgan fingerprint density at radius 3 is 2.67 bits per heavy atom. The molecule has 0 amide bonds. The maximum Gasteiger partial charge on any atom is 0.240 e. The van der Waals surface area contributed by atoms with Gasteiger partial charge in [-0.05, 0) is 71.0 Å². The van der Waals surface area contributed by atoms with Gasteiger partial charge in [0.15, 0.2) is 5.82 Å². The summed E-state index contributed by atoms with van der Waals surface area (Å²) >= 11 is 0. The van der Waals surface area contributed by atoms with E-state index in [1.165, 1.54) is 6.07 Å². The molecule has 5 rings (SSSR count). The largest absolute Gasteiger partial charge is 0.473 e. The first-order chi connectivity index (χ1) is 20.6. The van der Waals surface area contributed by atoms with E-state index >= 15 is 4.39 Å². The Morgan fingerprint density at radius 2 is 1.98 bits per heavy atom. The van der Waals surface area contributed by atoms with Crippen LogP contribution in [0.25, 0.3) is 34.2 Å². The van der Waals surface area contributed by atoms with Gasteiger partial charge in [0.2, 0.25) is 11.8 Å². The fraction of sp³-hybridized carbons (Fsp3) is 0.516. The highest BCUT2D eigenvalue weighted by Crippen LogP contribution is 2.38. The van der Waals surface area contributed by atoms with Gasteiger partial charge in [-0.15, -0.1) is 5.10 Å². The number of nitrogens with one attached hydrogen (secondary N) is 1. The molecule has 4 heterocycles. The Bertz CT molecular complexity index is 1600. The lowest BCUT2D eigenvalue weighted by atomic mass is 10.0. The second-order valence-electron chi connectivity index (χ2n) is 11.3. The molecule has 0 radical (unpaired) electrons. The quantitative estimate of drug-likeness (QED) is 0.299. The van der Waals surface area contributed by atoms with Crippen LogP contribution in [0, 0.1) is 5.82 Å². The van der Waals surface area contributed by atoms with Crippen molar-refractivity contribution in [3.05, 3.63) is 40.6 Å². The van der Waals surface area contributed by atoms with E-state index in [0.717, 1.165) is 17.8 Å². The molecule has 3 aromatic heterocycles. The standard InChI is InChI=1S/C31H42FN7O4/c1-8-38-15-20(6)43-31-28(26(17-41-9-2)35-37(31)7)21-12-23-25(33-34-29(23)24(32)13-21)11-10-22-27(16-38)39(14-19(5)40)36-30(22)42-18(3)4/h10-13,18-20,40H,8-9,14-17H2,1-7H3,(H,33,34)/b11-10+/t19-,20-/m0/s1. The van der Waals surface area contributed by atoms with Gasteiger partial charge in [0, 0.05) is 32.1 Å². The Kier molecular flexibility index (Phi) is 9.19. The third-order valence-electron chi connectivity index (χ3n) is 7.35. The van der Waals surface area contributed by atoms with E-state index in [1.807, 2.05) is 57.6 Å². The van der Waals surface area contributed by atoms with Crippen molar-refractivity contribution >= 4 is 23.1 Å². The Balaban J connectivity index is 1.74. The molecule has 0 unspecified atom stereocenters. The number of aryl methyl sites for hydroxylation is 1. The Morgan fingerprint density at radius 1 is 1.19 bits per heavy atom. The number of nitrogens with zero attached hydrogens (tertiary/aromatic N) is 6. The van der Waals surface area contributed by atoms with Crippen molar-refractivity contribution in [1.82, 2.24) is 34.7 Å². The maximum atomic E-state index is 15.6. The molecule has 11 nitrogen and oxygen atoms in total. The molecule has 232 valence electrons. The summed E-state index contributed by atoms with van der Waals surface area (Å²) in [4.78, 5) is 2.27. The van der Waals surface area contributed by atoms with Crippen molar-refractivity contribution in [2.24, 2.45) is 7.05 Å². The number of aliphatic hydroxyl groups is 1. The molecule has 0 saturated heterocycles. The van der Waals surface area contributed by atoms with E-state index in [4.69, 9.17) is 24.4 Å². The molecule has 2 N–H and O–H groups in total. The number of rotatable bonds is 8. The topological polar surface area (TPSA) is 115 Å². The first-order valence-electron chi connectivity index (χ1n) is 14.9. The van der Waals surface area contributed by atoms with Gasteiger partial charge in [0.25, 0.3) is 0 Å². The van der Waals surface area contributed by atoms with Crippen LogP contribution in [-0.2, 0) is 31.5 Å². The molecule has 1 aromatic carbocycles. The number of aliphatic hydroxyl groups excluding tert-OH is 1. The minimum Gasteiger partial charge on any atom is -0.473 e. The lowest BCUT2D eigenvalue weighted by Gasteiger charge is -2.26. The van der Waals surface area contributed by atoms with E-state index in [0.29, 0.717) is 65.9 Å². The van der Waals surface area contributed by atoms with Crippen LogP contribution in [-0.4, -0.2) is 77.8 Å². The number of hydrogen-bond acceptors (Lipinski definition) is 8. The Hall–Kier alpha value is -3.74. The number of halogens is 1. The molecule has 2 bridgehead atoms. The van der Waals surface area contributed by atoms with Gasteiger partial charge in [-0.3, -0.25) is 14.7 Å². The van der Waals surface area contributed by atoms with Crippen LogP contribution >= 0.6 is 0 Å². The summed E-state index contributed by atoms with van der Waals surface area (Å²) in [6, 6.07) is 3.39. The van der Waals surface area contributed by atoms with Gasteiger partial charge < -0.3 is 19.3 Å². The average Bonchev–Trinajstić information content (AvgIpc) is 3.58. The number of aromatic nitrogens is 6. The van der Waals surface area contributed by atoms with Crippen LogP contribution in [0.3, 0.4) is 0 Å². The predicted octanol–water partition coefficient (Wildman–Crippen LogP) is 4.78. The van der Waals surface area contributed by atoms with Gasteiger partial charge in [0.1, 0.15) is 11.6 Å². The van der Waals surface area contributed by atoms with Crippen LogP contribution in [0.2, 0.25) is 0 Å². The normalized spacial score (nSPS) is 17.4. The van der Waals surface area contributed by atoms with Crippen molar-refractivity contribution in [2.75, 3.05) is 19.7 Å². The molecule has 12 heteroatoms. The van der Waals surface area contributed by atoms with E-state index < -0.39 is 11.9 Å². The minimum absolute atomic E-state index is 0.109. The molecule has 43 heavy (non-hydrogen) atoms. The van der Waals surface area contributed by atoms with Crippen molar-refractivity contribution in [1.29, 1.82) is 0 Å². The van der Waals surface area contributed by atoms with Crippen molar-refractivity contribution in [3.8, 4) is 22.9 Å². The summed E-state index contributed by atoms with van der Waals surface area (Å²) in [6.45, 7) is 14.7. The van der Waals surface area contributed by atoms with Crippen molar-refractivity contribution < 1.29 is 23.7 Å². The third-order valence-corrected chi connectivity index (χ3v) is 7.35. The second kappa shape index (κ2) is 12.9. The summed E-state index contributed by atoms with van der Waals surface area (Å²) in [7, 11) is 1.82. The molecule has 0 aliphatic carbocycles. The summed E-state index contributed by atoms with van der Waals surface area (Å²) in [5.74, 6) is 0.561. The third kappa shape index (κ3) is 6.46. The smallest absolute Gasteiger partial charge is 0.240 e. The van der Waals surface area contributed by atoms with Gasteiger partial charge in [-0.25, -0.2) is 9.07 Å². The molecule has 1 aliphatic heterocycles. The molecule has 0 fully saturated rings. The number of ether oxygens (including phenoxy) is 3. The zero-order valence-electron chi connectivity index (χ0n) is 26.0. The average molecular weight is 596 g/mol. The van der Waals surface area contributed by atoms with Crippen molar-refractivity contribution in [3.63, 3.8) is 0 Å². The van der Waals surface area contributed by atoms with E-state index in [-0.39, 0.29) is 24.3 Å². The monoisotopic (exact) mass is 595 g/mol. The Labute approximate surface area is 251 Å². The zero-order chi connectivity index (χ0) is 30.8. The summed E-state index contributed by atoms with van der Waals surface area (Å²) in [6.07, 6.45) is 2.85. The fourth-order valence-corrected chi connectivity index (χ4v) is 5.46. The lowest BCUT2D eigenvalue weighted by Crippen LogP contribution is -2.35. The molecular weight excluding hydrogens is 553 g/mol. The number of fused-ring (bicyclic) bond motifs is 4. The van der Waals surface area contributed by atoms with Crippen LogP contribution in [0.1, 0.15) is 64.2 Å². The van der Waals surface area contributed by atoms with Crippen LogP contribution in [0.5, 0.6) is 11.8 Å². The molecule has 1 aliphatic rings. The number of likely N-dealkylation sites (N-methyl/N-ethyl adjacent to an activating group) is 1. The first-order valence-corrected chi connectivity index (χ1v) is 14.9. The number of aromatic amines is 1. The zero-order valence-corrected chi connectivity index (χ0v) is 26.0. The van der Waals surface area contributed by atoms with Crippen LogP contribution in [0.4, 0.5) is 4.39 Å². The molecule has 0 saturated carbocycles. The molecular formula is C31H42FN7O4. The van der Waals surface area contributed by atoms with Crippen molar-refractivity contribution in [2.45, 2.75) is 79.6 Å². The van der Waals surface area contributed by atoms with Gasteiger partial charge in [-0.1, -0.05) is 6.92 Å². The van der Waals surface area contributed by atoms with Gasteiger partial charge >= 0.3 is 0 Å². The highest BCUT2D eigenvalue weighted by atomic mass is 19.1. The minimum atomic E-state index is -0.610. The number of H-pyrrole nitrogens is 1. The molecule has 4 aromatic rings. The summed E-state index contributed by atoms with van der Waals surface area (Å²) in [5.41, 5.74) is 4.55. The number of benzene rings is 1. The number of hydrogen-bond donors (Lipinski definition) is 2. The fourth-order valence-electron chi connectivity index (χ4n) is 5.46. The van der Waals surface area contributed by atoms with E-state index in [2.05, 4.69) is 22.0 Å². The summed E-state index contributed by atoms with van der Waals surface area (Å²) < 4.78 is 37.6. The SMILES string of the molecule is CCOCc1nn(C)c2c1-c1cc(F)c3n[nH]c(c3c1)/C=C/c1c(OC(C)C)nn(C[C@H](C)O)c1CN(CC)C[C@H](C)O2. The van der Waals surface area contributed by atoms with Gasteiger partial charge in [-0.2, -0.15) is 10.2 Å². The second-order valence-corrected chi connectivity index (χ2v) is 11.3. The maximum absolute atomic E-state index is 15.6. The van der Waals surface area contributed by atoms with Crippen LogP contribution in [0.15, 0.2) is 12.1 Å². The first kappa shape index (κ1) is 30.7. The van der Waals surface area contributed by atoms with Crippen LogP contribution < -0.4 is 9.47 Å². The molecule has 0 spiro atoms. The van der Waals surface area contributed by atoms with Gasteiger partial charge in [0.05, 0.1) is 53.6 Å².